The summed E-state index contributed by atoms with van der Waals surface area (Å²) in [5.41, 5.74) is 0.791. The molecule has 2 rings (SSSR count). The van der Waals surface area contributed by atoms with Crippen molar-refractivity contribution < 1.29 is 14.9 Å². The van der Waals surface area contributed by atoms with E-state index in [0.717, 1.165) is 10.4 Å². The zero-order valence-corrected chi connectivity index (χ0v) is 13.4. The van der Waals surface area contributed by atoms with Gasteiger partial charge in [0, 0.05) is 29.0 Å². The lowest BCUT2D eigenvalue weighted by atomic mass is 9.99. The molecule has 0 saturated carbocycles. The summed E-state index contributed by atoms with van der Waals surface area (Å²) < 4.78 is 5.54. The van der Waals surface area contributed by atoms with Gasteiger partial charge >= 0.3 is 0 Å². The highest BCUT2D eigenvalue weighted by molar-refractivity contribution is 7.80. The molecule has 1 aromatic rings. The van der Waals surface area contributed by atoms with E-state index in [1.807, 2.05) is 6.08 Å². The number of hydrogen-bond donors (Lipinski definition) is 2. The zero-order valence-electron chi connectivity index (χ0n) is 11.1. The molecule has 6 heteroatoms. The monoisotopic (exact) mass is 344 g/mol. The first-order chi connectivity index (χ1) is 9.99. The van der Waals surface area contributed by atoms with Gasteiger partial charge in [-0.3, -0.25) is 0 Å². The van der Waals surface area contributed by atoms with E-state index in [-0.39, 0.29) is 21.6 Å². The maximum atomic E-state index is 9.77. The highest BCUT2D eigenvalue weighted by atomic mass is 35.5. The molecule has 112 valence electrons. The zero-order chi connectivity index (χ0) is 15.4. The maximum Gasteiger partial charge on any atom is 0.156 e. The van der Waals surface area contributed by atoms with Crippen LogP contribution >= 0.6 is 35.4 Å². The Hall–Kier alpha value is -1.23. The van der Waals surface area contributed by atoms with Crippen LogP contribution in [0.15, 0.2) is 35.6 Å². The predicted octanol–water partition coefficient (Wildman–Crippen LogP) is 5.00. The van der Waals surface area contributed by atoms with Crippen LogP contribution < -0.4 is 4.74 Å². The lowest BCUT2D eigenvalue weighted by Gasteiger charge is -2.14. The Morgan fingerprint density at radius 2 is 1.86 bits per heavy atom. The molecule has 0 aromatic heterocycles. The molecule has 0 radical (unpaired) electrons. The molecule has 3 nitrogen and oxygen atoms in total. The minimum absolute atomic E-state index is 0.00762. The van der Waals surface area contributed by atoms with Gasteiger partial charge in [0.15, 0.2) is 5.75 Å². The molecule has 1 aliphatic rings. The van der Waals surface area contributed by atoms with E-state index in [4.69, 9.17) is 40.2 Å². The average Bonchev–Trinajstić information content (AvgIpc) is 2.39. The van der Waals surface area contributed by atoms with E-state index in [9.17, 15) is 10.2 Å². The van der Waals surface area contributed by atoms with Gasteiger partial charge in [0.1, 0.15) is 11.5 Å². The van der Waals surface area contributed by atoms with Crippen molar-refractivity contribution in [1.82, 2.24) is 0 Å². The van der Waals surface area contributed by atoms with Gasteiger partial charge in [-0.05, 0) is 18.9 Å². The number of aromatic hydroxyl groups is 1. The lowest BCUT2D eigenvalue weighted by molar-refractivity contribution is 0.310. The third kappa shape index (κ3) is 4.13. The minimum atomic E-state index is -0.00762. The highest BCUT2D eigenvalue weighted by Gasteiger charge is 2.13. The summed E-state index contributed by atoms with van der Waals surface area (Å²) in [7, 11) is 0. The largest absolute Gasteiger partial charge is 0.508 e. The Labute approximate surface area is 138 Å². The molecule has 0 atom stereocenters. The number of benzene rings is 1. The Morgan fingerprint density at radius 1 is 1.19 bits per heavy atom. The molecule has 21 heavy (non-hydrogen) atoms. The third-order valence-electron chi connectivity index (χ3n) is 3.03. The highest BCUT2D eigenvalue weighted by Crippen LogP contribution is 2.36. The SMILES string of the molecule is OC1=C(CCCOc2c(Cl)cc(O)cc2Cl)C(=S)CC=C1. The smallest absolute Gasteiger partial charge is 0.156 e. The van der Waals surface area contributed by atoms with E-state index < -0.39 is 0 Å². The van der Waals surface area contributed by atoms with Crippen LogP contribution in [0.25, 0.3) is 0 Å². The number of aliphatic hydroxyl groups excluding tert-OH is 1. The number of phenolic OH excluding ortho intramolecular Hbond substituents is 1. The van der Waals surface area contributed by atoms with Crippen LogP contribution in [0.5, 0.6) is 11.5 Å². The number of allylic oxidation sites excluding steroid dienone is 3. The fourth-order valence-electron chi connectivity index (χ4n) is 2.02. The molecular formula is C15H14Cl2O3S. The molecule has 0 unspecified atom stereocenters. The second-order valence-electron chi connectivity index (χ2n) is 4.58. The summed E-state index contributed by atoms with van der Waals surface area (Å²) in [6, 6.07) is 2.75. The first-order valence-corrected chi connectivity index (χ1v) is 7.58. The first-order valence-electron chi connectivity index (χ1n) is 6.41. The van der Waals surface area contributed by atoms with Gasteiger partial charge in [-0.2, -0.15) is 0 Å². The normalized spacial score (nSPS) is 14.7. The van der Waals surface area contributed by atoms with E-state index in [2.05, 4.69) is 0 Å². The molecular weight excluding hydrogens is 331 g/mol. The molecule has 0 spiro atoms. The molecule has 2 N–H and O–H groups in total. The molecule has 0 bridgehead atoms. The number of rotatable bonds is 5. The predicted molar refractivity (Wildman–Crippen MR) is 88.9 cm³/mol. The Kier molecular flexibility index (Phi) is 5.51. The molecule has 0 aliphatic heterocycles. The van der Waals surface area contributed by atoms with Gasteiger partial charge in [-0.15, -0.1) is 0 Å². The van der Waals surface area contributed by atoms with Gasteiger partial charge in [0.2, 0.25) is 0 Å². The van der Waals surface area contributed by atoms with Crippen molar-refractivity contribution in [2.75, 3.05) is 6.61 Å². The Bertz CT molecular complexity index is 600. The topological polar surface area (TPSA) is 49.7 Å². The summed E-state index contributed by atoms with van der Waals surface area (Å²) in [6.45, 7) is 0.382. The van der Waals surface area contributed by atoms with Gasteiger partial charge in [-0.25, -0.2) is 0 Å². The number of ether oxygens (including phenoxy) is 1. The summed E-state index contributed by atoms with van der Waals surface area (Å²) in [6.07, 6.45) is 5.49. The van der Waals surface area contributed by atoms with E-state index >= 15 is 0 Å². The standard InChI is InChI=1S/C15H14Cl2O3S/c16-11-7-9(18)8-12(17)15(11)20-6-2-3-10-13(19)4-1-5-14(10)21/h1,4,7-8,18-19H,2-3,5-6H2. The Balaban J connectivity index is 1.91. The second kappa shape index (κ2) is 7.16. The van der Waals surface area contributed by atoms with Crippen LogP contribution in [0.4, 0.5) is 0 Å². The van der Waals surface area contributed by atoms with Crippen molar-refractivity contribution in [2.45, 2.75) is 19.3 Å². The number of phenols is 1. The fraction of sp³-hybridized carbons (Fsp3) is 0.267. The third-order valence-corrected chi connectivity index (χ3v) is 4.00. The summed E-state index contributed by atoms with van der Waals surface area (Å²) in [5.74, 6) is 0.569. The molecule has 1 aromatic carbocycles. The van der Waals surface area contributed by atoms with Crippen LogP contribution in [0, 0.1) is 0 Å². The van der Waals surface area contributed by atoms with Crippen molar-refractivity contribution in [3.63, 3.8) is 0 Å². The van der Waals surface area contributed by atoms with Crippen LogP contribution in [-0.2, 0) is 0 Å². The summed E-state index contributed by atoms with van der Waals surface area (Å²) in [4.78, 5) is 0.760. The number of aliphatic hydroxyl groups is 1. The second-order valence-corrected chi connectivity index (χ2v) is 5.89. The van der Waals surface area contributed by atoms with Crippen molar-refractivity contribution in [3.05, 3.63) is 45.7 Å². The molecule has 0 saturated heterocycles. The number of halogens is 2. The number of hydrogen-bond acceptors (Lipinski definition) is 4. The lowest BCUT2D eigenvalue weighted by Crippen LogP contribution is -2.08. The first kappa shape index (κ1) is 16.1. The Morgan fingerprint density at radius 3 is 2.48 bits per heavy atom. The van der Waals surface area contributed by atoms with Crippen LogP contribution in [0.3, 0.4) is 0 Å². The van der Waals surface area contributed by atoms with Crippen molar-refractivity contribution in [2.24, 2.45) is 0 Å². The van der Waals surface area contributed by atoms with Gasteiger partial charge in [0.25, 0.3) is 0 Å². The van der Waals surface area contributed by atoms with Crippen molar-refractivity contribution in [3.8, 4) is 11.5 Å². The van der Waals surface area contributed by atoms with Gasteiger partial charge < -0.3 is 14.9 Å². The van der Waals surface area contributed by atoms with Crippen LogP contribution in [0.2, 0.25) is 10.0 Å². The average molecular weight is 345 g/mol. The van der Waals surface area contributed by atoms with E-state index in [0.29, 0.717) is 31.6 Å². The van der Waals surface area contributed by atoms with E-state index in [1.165, 1.54) is 12.1 Å². The molecule has 0 amide bonds. The van der Waals surface area contributed by atoms with Crippen molar-refractivity contribution >= 4 is 40.3 Å². The van der Waals surface area contributed by atoms with Gasteiger partial charge in [0.05, 0.1) is 16.7 Å². The summed E-state index contributed by atoms with van der Waals surface area (Å²) in [5, 5.41) is 19.6. The molecule has 0 heterocycles. The molecule has 1 aliphatic carbocycles. The minimum Gasteiger partial charge on any atom is -0.508 e. The van der Waals surface area contributed by atoms with Crippen LogP contribution in [-0.4, -0.2) is 21.7 Å². The quantitative estimate of drug-likeness (QED) is 0.582. The summed E-state index contributed by atoms with van der Waals surface area (Å²) >= 11 is 17.1. The van der Waals surface area contributed by atoms with E-state index in [1.54, 1.807) is 6.08 Å². The maximum absolute atomic E-state index is 9.77. The van der Waals surface area contributed by atoms with Crippen LogP contribution in [0.1, 0.15) is 19.3 Å². The van der Waals surface area contributed by atoms with Crippen molar-refractivity contribution in [1.29, 1.82) is 0 Å². The number of thiocarbonyl (C=S) groups is 1. The molecule has 0 fully saturated rings. The fourth-order valence-corrected chi connectivity index (χ4v) is 2.91. The van der Waals surface area contributed by atoms with Gasteiger partial charge in [-0.1, -0.05) is 41.5 Å².